The van der Waals surface area contributed by atoms with Crippen molar-refractivity contribution in [3.8, 4) is 0 Å². The van der Waals surface area contributed by atoms with Crippen LogP contribution in [0.15, 0.2) is 60.7 Å². The van der Waals surface area contributed by atoms with Crippen molar-refractivity contribution in [2.45, 2.75) is 31.3 Å². The van der Waals surface area contributed by atoms with Crippen LogP contribution in [-0.4, -0.2) is 53.7 Å². The molecule has 1 fully saturated rings. The zero-order chi connectivity index (χ0) is 19.9. The monoisotopic (exact) mass is 381 g/mol. The first-order valence-corrected chi connectivity index (χ1v) is 9.72. The Morgan fingerprint density at radius 3 is 2.21 bits per heavy atom. The molecular weight excluding hydrogens is 354 g/mol. The Hall–Kier alpha value is -2.86. The van der Waals surface area contributed by atoms with Crippen LogP contribution < -0.4 is 10.6 Å². The lowest BCUT2D eigenvalue weighted by molar-refractivity contribution is -0.00687. The second-order valence-corrected chi connectivity index (χ2v) is 6.97. The highest BCUT2D eigenvalue weighted by Gasteiger charge is 2.51. The van der Waals surface area contributed by atoms with Gasteiger partial charge in [-0.25, -0.2) is 4.79 Å². The SMILES string of the molecule is CCCNC(=O)N1[C@H](CNC(=O)c2ccccc2)[C@@H](c2ccccc2)[C@@H]1CO. The first-order chi connectivity index (χ1) is 13.7. The molecule has 1 aliphatic heterocycles. The van der Waals surface area contributed by atoms with Gasteiger partial charge in [0.05, 0.1) is 18.7 Å². The van der Waals surface area contributed by atoms with Gasteiger partial charge in [-0.15, -0.1) is 0 Å². The predicted molar refractivity (Wildman–Crippen MR) is 108 cm³/mol. The maximum absolute atomic E-state index is 12.6. The molecule has 3 atom stereocenters. The van der Waals surface area contributed by atoms with Gasteiger partial charge in [0.2, 0.25) is 0 Å². The number of carbonyl (C=O) groups excluding carboxylic acids is 2. The maximum Gasteiger partial charge on any atom is 0.318 e. The summed E-state index contributed by atoms with van der Waals surface area (Å²) in [7, 11) is 0. The molecule has 148 valence electrons. The van der Waals surface area contributed by atoms with E-state index in [0.29, 0.717) is 18.7 Å². The topological polar surface area (TPSA) is 81.7 Å². The van der Waals surface area contributed by atoms with E-state index in [1.165, 1.54) is 0 Å². The van der Waals surface area contributed by atoms with E-state index < -0.39 is 0 Å². The fourth-order valence-electron chi connectivity index (χ4n) is 3.81. The Kier molecular flexibility index (Phi) is 6.66. The van der Waals surface area contributed by atoms with Crippen LogP contribution in [0.25, 0.3) is 0 Å². The predicted octanol–water partition coefficient (Wildman–Crippen LogP) is 2.36. The third-order valence-electron chi connectivity index (χ3n) is 5.18. The molecular formula is C22H27N3O3. The van der Waals surface area contributed by atoms with E-state index in [1.54, 1.807) is 17.0 Å². The molecule has 3 rings (SSSR count). The van der Waals surface area contributed by atoms with Crippen LogP contribution in [0.4, 0.5) is 4.79 Å². The molecule has 2 aromatic carbocycles. The second-order valence-electron chi connectivity index (χ2n) is 6.97. The average Bonchev–Trinajstić information content (AvgIpc) is 2.73. The molecule has 0 aliphatic carbocycles. The van der Waals surface area contributed by atoms with Crippen molar-refractivity contribution in [3.05, 3.63) is 71.8 Å². The first-order valence-electron chi connectivity index (χ1n) is 9.72. The van der Waals surface area contributed by atoms with Gasteiger partial charge in [-0.1, -0.05) is 55.5 Å². The minimum Gasteiger partial charge on any atom is -0.394 e. The molecule has 3 N–H and O–H groups in total. The van der Waals surface area contributed by atoms with Gasteiger partial charge >= 0.3 is 6.03 Å². The van der Waals surface area contributed by atoms with Crippen LogP contribution in [-0.2, 0) is 0 Å². The lowest BCUT2D eigenvalue weighted by atomic mass is 9.75. The summed E-state index contributed by atoms with van der Waals surface area (Å²) in [6, 6.07) is 18.1. The number of aliphatic hydroxyl groups is 1. The van der Waals surface area contributed by atoms with E-state index >= 15 is 0 Å². The fraction of sp³-hybridized carbons (Fsp3) is 0.364. The van der Waals surface area contributed by atoms with Gasteiger partial charge in [0.25, 0.3) is 5.91 Å². The number of hydrogen-bond acceptors (Lipinski definition) is 3. The molecule has 3 amide bonds. The van der Waals surface area contributed by atoms with Gasteiger partial charge in [0.1, 0.15) is 0 Å². The minimum absolute atomic E-state index is 0.0327. The van der Waals surface area contributed by atoms with Gasteiger partial charge in [0.15, 0.2) is 0 Å². The summed E-state index contributed by atoms with van der Waals surface area (Å²) in [5.74, 6) is -0.205. The summed E-state index contributed by atoms with van der Waals surface area (Å²) in [4.78, 5) is 26.8. The summed E-state index contributed by atoms with van der Waals surface area (Å²) in [5.41, 5.74) is 1.64. The van der Waals surface area contributed by atoms with Crippen LogP contribution in [0.3, 0.4) is 0 Å². The highest BCUT2D eigenvalue weighted by atomic mass is 16.3. The van der Waals surface area contributed by atoms with E-state index in [9.17, 15) is 14.7 Å². The van der Waals surface area contributed by atoms with Gasteiger partial charge in [0, 0.05) is 24.6 Å². The van der Waals surface area contributed by atoms with Crippen molar-refractivity contribution < 1.29 is 14.7 Å². The molecule has 0 bridgehead atoms. The number of aliphatic hydroxyl groups excluding tert-OH is 1. The Balaban J connectivity index is 1.77. The highest BCUT2D eigenvalue weighted by Crippen LogP contribution is 2.40. The molecule has 2 aromatic rings. The zero-order valence-corrected chi connectivity index (χ0v) is 16.0. The Morgan fingerprint density at radius 1 is 0.964 bits per heavy atom. The van der Waals surface area contributed by atoms with Crippen molar-refractivity contribution in [1.29, 1.82) is 0 Å². The molecule has 0 saturated carbocycles. The Morgan fingerprint density at radius 2 is 1.61 bits per heavy atom. The van der Waals surface area contributed by atoms with Gasteiger partial charge in [-0.3, -0.25) is 4.79 Å². The molecule has 28 heavy (non-hydrogen) atoms. The van der Waals surface area contributed by atoms with Crippen molar-refractivity contribution in [1.82, 2.24) is 15.5 Å². The van der Waals surface area contributed by atoms with Crippen LogP contribution in [0.5, 0.6) is 0 Å². The van der Waals surface area contributed by atoms with Crippen molar-refractivity contribution >= 4 is 11.9 Å². The maximum atomic E-state index is 12.6. The van der Waals surface area contributed by atoms with Crippen LogP contribution in [0.1, 0.15) is 35.2 Å². The fourth-order valence-corrected chi connectivity index (χ4v) is 3.81. The van der Waals surface area contributed by atoms with Gasteiger partial charge in [-0.05, 0) is 24.1 Å². The summed E-state index contributed by atoms with van der Waals surface area (Å²) in [5, 5.41) is 15.8. The normalized spacial score (nSPS) is 20.9. The molecule has 1 aliphatic rings. The largest absolute Gasteiger partial charge is 0.394 e. The number of nitrogens with zero attached hydrogens (tertiary/aromatic N) is 1. The number of benzene rings is 2. The summed E-state index contributed by atoms with van der Waals surface area (Å²) < 4.78 is 0. The Labute approximate surface area is 165 Å². The van der Waals surface area contributed by atoms with Crippen molar-refractivity contribution in [2.24, 2.45) is 0 Å². The minimum atomic E-state index is -0.308. The number of rotatable bonds is 7. The molecule has 0 unspecified atom stereocenters. The summed E-state index contributed by atoms with van der Waals surface area (Å²) in [6.45, 7) is 2.77. The quantitative estimate of drug-likeness (QED) is 0.689. The van der Waals surface area contributed by atoms with E-state index in [2.05, 4.69) is 10.6 Å². The average molecular weight is 381 g/mol. The Bertz CT molecular complexity index is 782. The van der Waals surface area contributed by atoms with Crippen LogP contribution in [0, 0.1) is 0 Å². The molecule has 0 aromatic heterocycles. The van der Waals surface area contributed by atoms with E-state index in [-0.39, 0.29) is 36.5 Å². The molecule has 6 nitrogen and oxygen atoms in total. The number of urea groups is 1. The number of nitrogens with one attached hydrogen (secondary N) is 2. The lowest BCUT2D eigenvalue weighted by Crippen LogP contribution is -2.70. The number of carbonyl (C=O) groups is 2. The third-order valence-corrected chi connectivity index (χ3v) is 5.18. The molecule has 0 radical (unpaired) electrons. The molecule has 1 heterocycles. The second kappa shape index (κ2) is 9.37. The van der Waals surface area contributed by atoms with E-state index in [4.69, 9.17) is 0 Å². The summed E-state index contributed by atoms with van der Waals surface area (Å²) in [6.07, 6.45) is 0.834. The van der Waals surface area contributed by atoms with Crippen molar-refractivity contribution in [2.75, 3.05) is 19.7 Å². The van der Waals surface area contributed by atoms with Crippen LogP contribution >= 0.6 is 0 Å². The summed E-state index contributed by atoms with van der Waals surface area (Å²) >= 11 is 0. The smallest absolute Gasteiger partial charge is 0.318 e. The van der Waals surface area contributed by atoms with Gasteiger partial charge in [-0.2, -0.15) is 0 Å². The lowest BCUT2D eigenvalue weighted by Gasteiger charge is -2.54. The number of hydrogen-bond donors (Lipinski definition) is 3. The highest BCUT2D eigenvalue weighted by molar-refractivity contribution is 5.94. The number of likely N-dealkylation sites (tertiary alicyclic amines) is 1. The molecule has 0 spiro atoms. The molecule has 6 heteroatoms. The van der Waals surface area contributed by atoms with E-state index in [1.807, 2.05) is 55.5 Å². The van der Waals surface area contributed by atoms with Crippen LogP contribution in [0.2, 0.25) is 0 Å². The zero-order valence-electron chi connectivity index (χ0n) is 16.0. The number of amides is 3. The molecule has 1 saturated heterocycles. The standard InChI is InChI=1S/C22H27N3O3/c1-2-13-23-22(28)25-18(14-24-21(27)17-11-7-4-8-12-17)20(19(25)15-26)16-9-5-3-6-10-16/h3-12,18-20,26H,2,13-15H2,1H3,(H,23,28)(H,24,27)/t18-,19+,20-/m1/s1. The first kappa shape index (κ1) is 19.9. The third kappa shape index (κ3) is 4.17. The van der Waals surface area contributed by atoms with Crippen molar-refractivity contribution in [3.63, 3.8) is 0 Å². The van der Waals surface area contributed by atoms with Gasteiger partial charge < -0.3 is 20.6 Å². The van der Waals surface area contributed by atoms with E-state index in [0.717, 1.165) is 12.0 Å².